The molecular weight excluding hydrogens is 246 g/mol. The van der Waals surface area contributed by atoms with Gasteiger partial charge in [-0.25, -0.2) is 0 Å². The molecule has 1 aromatic carbocycles. The van der Waals surface area contributed by atoms with E-state index in [1.165, 1.54) is 32.2 Å². The average Bonchev–Trinajstić information content (AvgIpc) is 2.47. The van der Waals surface area contributed by atoms with E-state index in [2.05, 4.69) is 27.9 Å². The smallest absolute Gasteiger partial charge is 0.119 e. The summed E-state index contributed by atoms with van der Waals surface area (Å²) < 4.78 is 6.97. The first-order valence-corrected chi connectivity index (χ1v) is 8.10. The summed E-state index contributed by atoms with van der Waals surface area (Å²) in [4.78, 5) is 0. The molecule has 0 N–H and O–H groups in total. The summed E-state index contributed by atoms with van der Waals surface area (Å²) >= 11 is 0. The van der Waals surface area contributed by atoms with Crippen molar-refractivity contribution in [2.45, 2.75) is 52.0 Å². The highest BCUT2D eigenvalue weighted by Crippen LogP contribution is 2.19. The molecule has 0 heterocycles. The Labute approximate surface area is 125 Å². The van der Waals surface area contributed by atoms with Crippen LogP contribution in [0, 0.1) is 0 Å². The van der Waals surface area contributed by atoms with Crippen molar-refractivity contribution in [2.75, 3.05) is 27.2 Å². The van der Waals surface area contributed by atoms with E-state index in [-0.39, 0.29) is 0 Å². The number of unbranched alkanes of at least 4 members (excludes halogenated alkanes) is 2. The van der Waals surface area contributed by atoms with Crippen molar-refractivity contribution in [3.63, 3.8) is 0 Å². The van der Waals surface area contributed by atoms with Gasteiger partial charge in [0.25, 0.3) is 0 Å². The van der Waals surface area contributed by atoms with Crippen LogP contribution >= 0.6 is 0 Å². The zero-order chi connectivity index (χ0) is 14.8. The third kappa shape index (κ3) is 5.96. The van der Waals surface area contributed by atoms with Crippen LogP contribution in [0.4, 0.5) is 0 Å². The molecule has 2 nitrogen and oxygen atoms in total. The first-order valence-electron chi connectivity index (χ1n) is 8.10. The normalized spacial score (nSPS) is 13.2. The molecule has 1 atom stereocenters. The van der Waals surface area contributed by atoms with Gasteiger partial charge in [-0.3, -0.25) is 0 Å². The monoisotopic (exact) mass is 278 g/mol. The summed E-state index contributed by atoms with van der Waals surface area (Å²) in [6, 6.07) is 10.9. The highest BCUT2D eigenvalue weighted by Gasteiger charge is 2.25. The van der Waals surface area contributed by atoms with E-state index in [4.69, 9.17) is 4.74 Å². The van der Waals surface area contributed by atoms with Gasteiger partial charge >= 0.3 is 0 Å². The predicted octanol–water partition coefficient (Wildman–Crippen LogP) is 4.50. The van der Waals surface area contributed by atoms with E-state index < -0.39 is 0 Å². The van der Waals surface area contributed by atoms with E-state index in [0.29, 0.717) is 6.04 Å². The Balaban J connectivity index is 2.43. The summed E-state index contributed by atoms with van der Waals surface area (Å²) in [5, 5.41) is 0. The minimum Gasteiger partial charge on any atom is -0.493 e. The number of ether oxygens (including phenoxy) is 1. The van der Waals surface area contributed by atoms with Crippen LogP contribution in [-0.2, 0) is 0 Å². The van der Waals surface area contributed by atoms with Gasteiger partial charge < -0.3 is 9.22 Å². The molecule has 1 rings (SSSR count). The second-order valence-corrected chi connectivity index (χ2v) is 6.19. The zero-order valence-electron chi connectivity index (χ0n) is 13.8. The summed E-state index contributed by atoms with van der Waals surface area (Å²) in [7, 11) is 4.69. The fourth-order valence-electron chi connectivity index (χ4n) is 2.56. The fraction of sp³-hybridized carbons (Fsp3) is 0.667. The van der Waals surface area contributed by atoms with Crippen molar-refractivity contribution < 1.29 is 9.22 Å². The van der Waals surface area contributed by atoms with Crippen molar-refractivity contribution >= 4 is 0 Å². The molecule has 0 aliphatic carbocycles. The molecule has 0 aliphatic rings. The van der Waals surface area contributed by atoms with E-state index in [1.807, 2.05) is 30.3 Å². The third-order valence-electron chi connectivity index (χ3n) is 4.41. The highest BCUT2D eigenvalue weighted by molar-refractivity contribution is 5.20. The van der Waals surface area contributed by atoms with Crippen LogP contribution in [0.25, 0.3) is 0 Å². The Morgan fingerprint density at radius 2 is 1.70 bits per heavy atom. The predicted molar refractivity (Wildman–Crippen MR) is 87.1 cm³/mol. The number of nitrogens with zero attached hydrogens (tertiary/aromatic N) is 1. The largest absolute Gasteiger partial charge is 0.493 e. The second-order valence-electron chi connectivity index (χ2n) is 6.19. The van der Waals surface area contributed by atoms with E-state index >= 15 is 0 Å². The lowest BCUT2D eigenvalue weighted by Crippen LogP contribution is -2.49. The Morgan fingerprint density at radius 3 is 2.30 bits per heavy atom. The summed E-state index contributed by atoms with van der Waals surface area (Å²) in [6.45, 7) is 6.56. The molecule has 0 amide bonds. The molecule has 0 fully saturated rings. The Kier molecular flexibility index (Phi) is 7.68. The molecule has 20 heavy (non-hydrogen) atoms. The van der Waals surface area contributed by atoms with E-state index in [9.17, 15) is 0 Å². The molecule has 0 aliphatic heterocycles. The van der Waals surface area contributed by atoms with E-state index in [1.54, 1.807) is 0 Å². The molecule has 0 saturated carbocycles. The molecule has 0 saturated heterocycles. The SMILES string of the molecule is CCCCCC(CCOc1ccccc1)[N+](C)(C)CC. The van der Waals surface area contributed by atoms with Crippen LogP contribution in [-0.4, -0.2) is 37.8 Å². The molecule has 0 aromatic heterocycles. The molecule has 0 bridgehead atoms. The quantitative estimate of drug-likeness (QED) is 0.452. The molecule has 114 valence electrons. The number of hydrogen-bond donors (Lipinski definition) is 0. The maximum atomic E-state index is 5.87. The lowest BCUT2D eigenvalue weighted by molar-refractivity contribution is -0.914. The van der Waals surface area contributed by atoms with Crippen molar-refractivity contribution in [3.05, 3.63) is 30.3 Å². The third-order valence-corrected chi connectivity index (χ3v) is 4.41. The number of quaternary nitrogens is 1. The minimum atomic E-state index is 0.704. The maximum Gasteiger partial charge on any atom is 0.119 e. The van der Waals surface area contributed by atoms with Gasteiger partial charge in [-0.1, -0.05) is 38.0 Å². The topological polar surface area (TPSA) is 9.23 Å². The Hall–Kier alpha value is -1.02. The molecule has 2 heteroatoms. The zero-order valence-corrected chi connectivity index (χ0v) is 13.8. The van der Waals surface area contributed by atoms with Crippen molar-refractivity contribution in [2.24, 2.45) is 0 Å². The molecular formula is C18H32NO+. The van der Waals surface area contributed by atoms with Crippen LogP contribution in [0.15, 0.2) is 30.3 Å². The summed E-state index contributed by atoms with van der Waals surface area (Å²) in [5.74, 6) is 0.988. The van der Waals surface area contributed by atoms with Gasteiger partial charge in [0.1, 0.15) is 5.75 Å². The number of para-hydroxylation sites is 1. The lowest BCUT2D eigenvalue weighted by atomic mass is 10.0. The fourth-order valence-corrected chi connectivity index (χ4v) is 2.56. The van der Waals surface area contributed by atoms with Gasteiger partial charge in [-0.2, -0.15) is 0 Å². The average molecular weight is 278 g/mol. The van der Waals surface area contributed by atoms with Crippen molar-refractivity contribution in [3.8, 4) is 5.75 Å². The van der Waals surface area contributed by atoms with Gasteiger partial charge in [0, 0.05) is 6.42 Å². The molecule has 0 radical (unpaired) electrons. The standard InChI is InChI=1S/C18H32NO/c1-5-7-9-12-17(19(3,4)6-2)15-16-20-18-13-10-8-11-14-18/h8,10-11,13-14,17H,5-7,9,12,15-16H2,1-4H3/q+1. The summed E-state index contributed by atoms with van der Waals surface area (Å²) in [5.41, 5.74) is 0. The van der Waals surface area contributed by atoms with Crippen LogP contribution in [0.3, 0.4) is 0 Å². The molecule has 1 aromatic rings. The number of benzene rings is 1. The Bertz CT molecular complexity index is 348. The highest BCUT2D eigenvalue weighted by atomic mass is 16.5. The Morgan fingerprint density at radius 1 is 1.00 bits per heavy atom. The van der Waals surface area contributed by atoms with Gasteiger partial charge in [0.05, 0.1) is 33.3 Å². The molecule has 1 unspecified atom stereocenters. The second kappa shape index (κ2) is 9.02. The van der Waals surface area contributed by atoms with Crippen LogP contribution in [0.2, 0.25) is 0 Å². The van der Waals surface area contributed by atoms with Gasteiger partial charge in [-0.05, 0) is 31.9 Å². The van der Waals surface area contributed by atoms with E-state index in [0.717, 1.165) is 23.3 Å². The first-order chi connectivity index (χ1) is 9.60. The minimum absolute atomic E-state index is 0.704. The van der Waals surface area contributed by atoms with Gasteiger partial charge in [0.2, 0.25) is 0 Å². The van der Waals surface area contributed by atoms with Gasteiger partial charge in [-0.15, -0.1) is 0 Å². The van der Waals surface area contributed by atoms with Crippen LogP contribution in [0.1, 0.15) is 46.0 Å². The van der Waals surface area contributed by atoms with Crippen LogP contribution < -0.4 is 4.74 Å². The van der Waals surface area contributed by atoms with Crippen LogP contribution in [0.5, 0.6) is 5.75 Å². The lowest BCUT2D eigenvalue weighted by Gasteiger charge is -2.37. The number of rotatable bonds is 10. The van der Waals surface area contributed by atoms with Crippen molar-refractivity contribution in [1.82, 2.24) is 0 Å². The summed E-state index contributed by atoms with van der Waals surface area (Å²) in [6.07, 6.45) is 6.44. The number of hydrogen-bond acceptors (Lipinski definition) is 1. The van der Waals surface area contributed by atoms with Crippen molar-refractivity contribution in [1.29, 1.82) is 0 Å². The maximum absolute atomic E-state index is 5.87. The van der Waals surface area contributed by atoms with Gasteiger partial charge in [0.15, 0.2) is 0 Å². The first kappa shape index (κ1) is 17.0. The molecule has 0 spiro atoms.